The van der Waals surface area contributed by atoms with Gasteiger partial charge in [0.05, 0.1) is 29.8 Å². The van der Waals surface area contributed by atoms with Gasteiger partial charge in [-0.1, -0.05) is 0 Å². The van der Waals surface area contributed by atoms with E-state index >= 15 is 0 Å². The van der Waals surface area contributed by atoms with E-state index in [-0.39, 0.29) is 11.8 Å². The van der Waals surface area contributed by atoms with Gasteiger partial charge in [-0.2, -0.15) is 0 Å². The van der Waals surface area contributed by atoms with Crippen molar-refractivity contribution < 1.29 is 14.0 Å². The molecule has 0 radical (unpaired) electrons. The first-order valence-corrected chi connectivity index (χ1v) is 8.09. The summed E-state index contributed by atoms with van der Waals surface area (Å²) >= 11 is 0. The first-order valence-electron chi connectivity index (χ1n) is 8.09. The van der Waals surface area contributed by atoms with Gasteiger partial charge >= 0.3 is 0 Å². The lowest BCUT2D eigenvalue weighted by molar-refractivity contribution is -0.127. The summed E-state index contributed by atoms with van der Waals surface area (Å²) in [5.41, 5.74) is 0.213. The number of anilines is 1. The summed E-state index contributed by atoms with van der Waals surface area (Å²) < 4.78 is 5.21. The fraction of sp³-hybridized carbons (Fsp3) is 0.412. The first kappa shape index (κ1) is 14.9. The third-order valence-corrected chi connectivity index (χ3v) is 4.97. The molecule has 2 saturated heterocycles. The van der Waals surface area contributed by atoms with Crippen molar-refractivity contribution in [1.29, 1.82) is 0 Å². The summed E-state index contributed by atoms with van der Waals surface area (Å²) in [6.07, 6.45) is 8.60. The van der Waals surface area contributed by atoms with Crippen LogP contribution in [-0.4, -0.2) is 46.3 Å². The molecule has 2 amide bonds. The largest absolute Gasteiger partial charge is 0.459 e. The summed E-state index contributed by atoms with van der Waals surface area (Å²) in [6.45, 7) is 1.73. The van der Waals surface area contributed by atoms with Gasteiger partial charge in [-0.15, -0.1) is 0 Å². The molecule has 124 valence electrons. The van der Waals surface area contributed by atoms with E-state index in [1.807, 2.05) is 0 Å². The molecular formula is C17H18N4O3. The number of amides is 2. The second-order valence-corrected chi connectivity index (χ2v) is 6.39. The van der Waals surface area contributed by atoms with Gasteiger partial charge in [0, 0.05) is 19.6 Å². The SMILES string of the molecule is O=C(c1ccco1)N1CCC[C@@]2(CCN(c3cncnc3)C2=O)C1. The third kappa shape index (κ3) is 2.36. The van der Waals surface area contributed by atoms with Gasteiger partial charge in [0.1, 0.15) is 6.33 Å². The van der Waals surface area contributed by atoms with Crippen LogP contribution in [0.1, 0.15) is 29.8 Å². The number of aromatic nitrogens is 2. The highest BCUT2D eigenvalue weighted by Gasteiger charge is 2.50. The van der Waals surface area contributed by atoms with E-state index in [1.165, 1.54) is 12.6 Å². The van der Waals surface area contributed by atoms with Gasteiger partial charge in [0.25, 0.3) is 5.91 Å². The van der Waals surface area contributed by atoms with Crippen LogP contribution in [0.15, 0.2) is 41.5 Å². The van der Waals surface area contributed by atoms with Gasteiger partial charge in [-0.05, 0) is 31.4 Å². The van der Waals surface area contributed by atoms with E-state index in [9.17, 15) is 9.59 Å². The lowest BCUT2D eigenvalue weighted by atomic mass is 9.78. The second-order valence-electron chi connectivity index (χ2n) is 6.39. The molecule has 1 spiro atoms. The Bertz CT molecular complexity index is 746. The van der Waals surface area contributed by atoms with Crippen LogP contribution < -0.4 is 4.90 Å². The lowest BCUT2D eigenvalue weighted by Gasteiger charge is -2.38. The monoisotopic (exact) mass is 326 g/mol. The number of hydrogen-bond acceptors (Lipinski definition) is 5. The molecule has 0 aliphatic carbocycles. The van der Waals surface area contributed by atoms with E-state index in [4.69, 9.17) is 4.42 Å². The maximum atomic E-state index is 13.0. The fourth-order valence-electron chi connectivity index (χ4n) is 3.74. The number of nitrogens with zero attached hydrogens (tertiary/aromatic N) is 4. The minimum Gasteiger partial charge on any atom is -0.459 e. The Labute approximate surface area is 139 Å². The molecule has 2 fully saturated rings. The predicted octanol–water partition coefficient (Wildman–Crippen LogP) is 1.73. The molecule has 2 aromatic rings. The fourth-order valence-corrected chi connectivity index (χ4v) is 3.74. The van der Waals surface area contributed by atoms with Crippen LogP contribution in [-0.2, 0) is 4.79 Å². The molecule has 0 bridgehead atoms. The quantitative estimate of drug-likeness (QED) is 0.839. The third-order valence-electron chi connectivity index (χ3n) is 4.97. The maximum Gasteiger partial charge on any atom is 0.289 e. The normalized spacial score (nSPS) is 23.9. The molecule has 24 heavy (non-hydrogen) atoms. The summed E-state index contributed by atoms with van der Waals surface area (Å²) in [5, 5.41) is 0. The summed E-state index contributed by atoms with van der Waals surface area (Å²) in [4.78, 5) is 37.1. The average molecular weight is 326 g/mol. The molecule has 4 heterocycles. The minimum absolute atomic E-state index is 0.0641. The molecule has 7 heteroatoms. The number of furan rings is 1. The van der Waals surface area contributed by atoms with Gasteiger partial charge < -0.3 is 14.2 Å². The number of carbonyl (C=O) groups excluding carboxylic acids is 2. The molecule has 0 N–H and O–H groups in total. The predicted molar refractivity (Wildman–Crippen MR) is 85.3 cm³/mol. The zero-order valence-electron chi connectivity index (χ0n) is 13.2. The topological polar surface area (TPSA) is 79.5 Å². The lowest BCUT2D eigenvalue weighted by Crippen LogP contribution is -2.49. The van der Waals surface area contributed by atoms with Gasteiger partial charge in [-0.3, -0.25) is 9.59 Å². The minimum atomic E-state index is -0.504. The molecular weight excluding hydrogens is 308 g/mol. The van der Waals surface area contributed by atoms with Crippen molar-refractivity contribution in [3.8, 4) is 0 Å². The van der Waals surface area contributed by atoms with Crippen molar-refractivity contribution in [3.05, 3.63) is 42.9 Å². The zero-order chi connectivity index (χ0) is 16.6. The highest BCUT2D eigenvalue weighted by Crippen LogP contribution is 2.41. The van der Waals surface area contributed by atoms with Gasteiger partial charge in [0.15, 0.2) is 5.76 Å². The molecule has 7 nitrogen and oxygen atoms in total. The van der Waals surface area contributed by atoms with Crippen molar-refractivity contribution in [2.45, 2.75) is 19.3 Å². The van der Waals surface area contributed by atoms with Crippen LogP contribution in [0, 0.1) is 5.41 Å². The summed E-state index contributed by atoms with van der Waals surface area (Å²) in [6, 6.07) is 3.36. The number of carbonyl (C=O) groups is 2. The van der Waals surface area contributed by atoms with Crippen molar-refractivity contribution in [3.63, 3.8) is 0 Å². The molecule has 2 aliphatic heterocycles. The maximum absolute atomic E-state index is 13.0. The number of hydrogen-bond donors (Lipinski definition) is 0. The van der Waals surface area contributed by atoms with Crippen LogP contribution >= 0.6 is 0 Å². The zero-order valence-corrected chi connectivity index (χ0v) is 13.2. The summed E-state index contributed by atoms with van der Waals surface area (Å²) in [7, 11) is 0. The van der Waals surface area contributed by atoms with E-state index in [2.05, 4.69) is 9.97 Å². The highest BCUT2D eigenvalue weighted by molar-refractivity contribution is 6.00. The van der Waals surface area contributed by atoms with Crippen molar-refractivity contribution in [1.82, 2.24) is 14.9 Å². The van der Waals surface area contributed by atoms with E-state index in [0.717, 1.165) is 19.3 Å². The first-order chi connectivity index (χ1) is 11.7. The van der Waals surface area contributed by atoms with Crippen molar-refractivity contribution in [2.75, 3.05) is 24.5 Å². The Morgan fingerprint density at radius 3 is 2.79 bits per heavy atom. The van der Waals surface area contributed by atoms with Gasteiger partial charge in [0.2, 0.25) is 5.91 Å². The van der Waals surface area contributed by atoms with Crippen LogP contribution in [0.3, 0.4) is 0 Å². The Morgan fingerprint density at radius 1 is 1.21 bits per heavy atom. The Balaban J connectivity index is 1.55. The standard InChI is InChI=1S/C17H18N4O3/c22-15(14-3-1-8-24-14)20-6-2-4-17(11-20)5-7-21(16(17)23)13-9-18-12-19-10-13/h1,3,8-10,12H,2,4-7,11H2/t17-/m1/s1. The smallest absolute Gasteiger partial charge is 0.289 e. The van der Waals surface area contributed by atoms with Crippen molar-refractivity contribution in [2.24, 2.45) is 5.41 Å². The van der Waals surface area contributed by atoms with E-state index < -0.39 is 5.41 Å². The van der Waals surface area contributed by atoms with E-state index in [1.54, 1.807) is 34.3 Å². The number of rotatable bonds is 2. The molecule has 0 saturated carbocycles. The Kier molecular flexibility index (Phi) is 3.55. The molecule has 4 rings (SSSR count). The van der Waals surface area contributed by atoms with Gasteiger partial charge in [-0.25, -0.2) is 9.97 Å². The van der Waals surface area contributed by atoms with Crippen LogP contribution in [0.5, 0.6) is 0 Å². The van der Waals surface area contributed by atoms with Crippen LogP contribution in [0.2, 0.25) is 0 Å². The second kappa shape index (κ2) is 5.74. The molecule has 2 aliphatic rings. The average Bonchev–Trinajstić information content (AvgIpc) is 3.26. The van der Waals surface area contributed by atoms with Crippen LogP contribution in [0.25, 0.3) is 0 Å². The molecule has 1 atom stereocenters. The Hall–Kier alpha value is -2.70. The Morgan fingerprint density at radius 2 is 2.04 bits per heavy atom. The number of likely N-dealkylation sites (tertiary alicyclic amines) is 1. The summed E-state index contributed by atoms with van der Waals surface area (Å²) in [5.74, 6) is 0.244. The van der Waals surface area contributed by atoms with E-state index in [0.29, 0.717) is 31.1 Å². The van der Waals surface area contributed by atoms with Crippen molar-refractivity contribution >= 4 is 17.5 Å². The molecule has 2 aromatic heterocycles. The molecule has 0 aromatic carbocycles. The molecule has 0 unspecified atom stereocenters. The van der Waals surface area contributed by atoms with Crippen LogP contribution in [0.4, 0.5) is 5.69 Å². The highest BCUT2D eigenvalue weighted by atomic mass is 16.3. The number of piperidine rings is 1.